The van der Waals surface area contributed by atoms with Crippen LogP contribution < -0.4 is 16.0 Å². The fraction of sp³-hybridized carbons (Fsp3) is 0.290. The van der Waals surface area contributed by atoms with Crippen molar-refractivity contribution >= 4 is 39.5 Å². The van der Waals surface area contributed by atoms with Gasteiger partial charge in [0.25, 0.3) is 5.91 Å². The van der Waals surface area contributed by atoms with E-state index in [0.29, 0.717) is 17.4 Å². The van der Waals surface area contributed by atoms with Crippen LogP contribution >= 0.6 is 0 Å². The molecule has 1 amide bonds. The van der Waals surface area contributed by atoms with Gasteiger partial charge in [-0.1, -0.05) is 42.5 Å². The zero-order chi connectivity index (χ0) is 25.8. The quantitative estimate of drug-likeness (QED) is 0.256. The first-order valence-corrected chi connectivity index (χ1v) is 12.9. The minimum atomic E-state index is -0.115. The lowest BCUT2D eigenvalue weighted by atomic mass is 9.79. The molecule has 37 heavy (non-hydrogen) atoms. The third-order valence-electron chi connectivity index (χ3n) is 7.26. The maximum absolute atomic E-state index is 13.5. The van der Waals surface area contributed by atoms with Gasteiger partial charge in [0, 0.05) is 39.6 Å². The summed E-state index contributed by atoms with van der Waals surface area (Å²) >= 11 is 0. The molecule has 0 spiro atoms. The van der Waals surface area contributed by atoms with E-state index in [0.717, 1.165) is 51.9 Å². The number of amides is 1. The van der Waals surface area contributed by atoms with E-state index in [-0.39, 0.29) is 17.0 Å². The van der Waals surface area contributed by atoms with E-state index in [9.17, 15) is 4.79 Å². The van der Waals surface area contributed by atoms with Crippen LogP contribution in [-0.4, -0.2) is 33.0 Å². The standard InChI is InChI=1S/C31H33N5O/c1-30(2)17-21(18-31(3,4)36-30)32-20-14-15-23-22(16-20)27(29(37)35-23)26(19-10-6-5-7-11-19)28-33-24-12-8-9-13-25(24)34-28/h5-16,21,32,36H,17-18H2,1-4H3,(H,33,34)(H,35,37)/b27-26-. The van der Waals surface area contributed by atoms with Crippen LogP contribution in [0, 0.1) is 0 Å². The Morgan fingerprint density at radius 2 is 1.62 bits per heavy atom. The molecule has 6 rings (SSSR count). The molecule has 1 aromatic heterocycles. The number of rotatable bonds is 4. The molecule has 0 saturated carbocycles. The normalized spacial score (nSPS) is 19.9. The Balaban J connectivity index is 1.46. The van der Waals surface area contributed by atoms with E-state index in [1.807, 2.05) is 60.7 Å². The molecule has 0 bridgehead atoms. The minimum absolute atomic E-state index is 0.0422. The van der Waals surface area contributed by atoms with Crippen molar-refractivity contribution in [3.05, 3.63) is 89.7 Å². The summed E-state index contributed by atoms with van der Waals surface area (Å²) < 4.78 is 0. The molecule has 3 heterocycles. The molecule has 0 radical (unpaired) electrons. The van der Waals surface area contributed by atoms with Gasteiger partial charge >= 0.3 is 0 Å². The molecule has 6 heteroatoms. The third-order valence-corrected chi connectivity index (χ3v) is 7.26. The number of hydrogen-bond donors (Lipinski definition) is 4. The van der Waals surface area contributed by atoms with Gasteiger partial charge in [0.2, 0.25) is 0 Å². The van der Waals surface area contributed by atoms with E-state index >= 15 is 0 Å². The molecule has 188 valence electrons. The number of aromatic nitrogens is 2. The third kappa shape index (κ3) is 4.53. The van der Waals surface area contributed by atoms with Crippen molar-refractivity contribution in [1.29, 1.82) is 0 Å². The van der Waals surface area contributed by atoms with Gasteiger partial charge in [-0.2, -0.15) is 0 Å². The highest BCUT2D eigenvalue weighted by molar-refractivity contribution is 6.38. The maximum atomic E-state index is 13.5. The number of hydrogen-bond acceptors (Lipinski definition) is 4. The Kier molecular flexibility index (Phi) is 5.46. The molecule has 0 atom stereocenters. The van der Waals surface area contributed by atoms with Gasteiger partial charge in [0.05, 0.1) is 16.6 Å². The Bertz CT molecular complexity index is 1480. The number of anilines is 2. The summed E-state index contributed by atoms with van der Waals surface area (Å²) in [5.74, 6) is 0.571. The molecule has 0 unspecified atom stereocenters. The number of para-hydroxylation sites is 2. The van der Waals surface area contributed by atoms with Gasteiger partial charge in [0.15, 0.2) is 0 Å². The van der Waals surface area contributed by atoms with E-state index < -0.39 is 0 Å². The summed E-state index contributed by atoms with van der Waals surface area (Å²) in [6, 6.07) is 24.5. The van der Waals surface area contributed by atoms with Crippen LogP contribution in [0.5, 0.6) is 0 Å². The molecular formula is C31H33N5O. The lowest BCUT2D eigenvalue weighted by Gasteiger charge is -2.47. The number of benzene rings is 3. The van der Waals surface area contributed by atoms with E-state index in [2.05, 4.69) is 60.8 Å². The summed E-state index contributed by atoms with van der Waals surface area (Å²) in [6.07, 6.45) is 2.03. The highest BCUT2D eigenvalue weighted by Crippen LogP contribution is 2.41. The summed E-state index contributed by atoms with van der Waals surface area (Å²) in [5, 5.41) is 10.6. The monoisotopic (exact) mass is 491 g/mol. The second-order valence-corrected chi connectivity index (χ2v) is 11.6. The molecule has 1 fully saturated rings. The predicted octanol–water partition coefficient (Wildman–Crippen LogP) is 6.20. The zero-order valence-electron chi connectivity index (χ0n) is 21.8. The van der Waals surface area contributed by atoms with Crippen molar-refractivity contribution < 1.29 is 4.79 Å². The van der Waals surface area contributed by atoms with Gasteiger partial charge in [-0.25, -0.2) is 4.98 Å². The first-order valence-electron chi connectivity index (χ1n) is 12.9. The lowest BCUT2D eigenvalue weighted by molar-refractivity contribution is -0.110. The number of piperidine rings is 1. The molecular weight excluding hydrogens is 458 g/mol. The molecule has 4 aromatic rings. The number of H-pyrrole nitrogens is 1. The van der Waals surface area contributed by atoms with Crippen molar-refractivity contribution in [3.63, 3.8) is 0 Å². The number of fused-ring (bicyclic) bond motifs is 2. The van der Waals surface area contributed by atoms with Crippen LogP contribution in [0.2, 0.25) is 0 Å². The molecule has 4 N–H and O–H groups in total. The van der Waals surface area contributed by atoms with Crippen LogP contribution in [0.1, 0.15) is 57.5 Å². The Hall–Kier alpha value is -3.90. The van der Waals surface area contributed by atoms with Gasteiger partial charge < -0.3 is 20.9 Å². The van der Waals surface area contributed by atoms with Crippen LogP contribution in [0.15, 0.2) is 72.8 Å². The summed E-state index contributed by atoms with van der Waals surface area (Å²) in [4.78, 5) is 21.8. The molecule has 6 nitrogen and oxygen atoms in total. The van der Waals surface area contributed by atoms with E-state index in [1.54, 1.807) is 0 Å². The lowest BCUT2D eigenvalue weighted by Crippen LogP contribution is -2.60. The van der Waals surface area contributed by atoms with Gasteiger partial charge in [0.1, 0.15) is 5.82 Å². The highest BCUT2D eigenvalue weighted by atomic mass is 16.2. The zero-order valence-corrected chi connectivity index (χ0v) is 21.8. The van der Waals surface area contributed by atoms with Gasteiger partial charge in [-0.3, -0.25) is 4.79 Å². The highest BCUT2D eigenvalue weighted by Gasteiger charge is 2.38. The predicted molar refractivity (Wildman–Crippen MR) is 151 cm³/mol. The summed E-state index contributed by atoms with van der Waals surface area (Å²) in [5.41, 5.74) is 7.00. The summed E-state index contributed by atoms with van der Waals surface area (Å²) in [7, 11) is 0. The number of nitrogens with one attached hydrogen (secondary N) is 4. The van der Waals surface area contributed by atoms with E-state index in [1.165, 1.54) is 0 Å². The van der Waals surface area contributed by atoms with Gasteiger partial charge in [-0.05, 0) is 76.4 Å². The fourth-order valence-corrected chi connectivity index (χ4v) is 6.24. The van der Waals surface area contributed by atoms with Gasteiger partial charge in [-0.15, -0.1) is 0 Å². The molecule has 1 saturated heterocycles. The maximum Gasteiger partial charge on any atom is 0.257 e. The Labute approximate surface area is 217 Å². The van der Waals surface area contributed by atoms with Crippen molar-refractivity contribution in [1.82, 2.24) is 15.3 Å². The van der Waals surface area contributed by atoms with Crippen LogP contribution in [-0.2, 0) is 4.79 Å². The average molecular weight is 492 g/mol. The van der Waals surface area contributed by atoms with Crippen molar-refractivity contribution in [2.45, 2.75) is 57.7 Å². The Morgan fingerprint density at radius 1 is 0.919 bits per heavy atom. The number of carbonyl (C=O) groups excluding carboxylic acids is 1. The first kappa shape index (κ1) is 23.5. The topological polar surface area (TPSA) is 81.8 Å². The van der Waals surface area contributed by atoms with E-state index in [4.69, 9.17) is 4.98 Å². The molecule has 0 aliphatic carbocycles. The number of carbonyl (C=O) groups is 1. The van der Waals surface area contributed by atoms with Crippen LogP contribution in [0.3, 0.4) is 0 Å². The van der Waals surface area contributed by atoms with Crippen molar-refractivity contribution in [3.8, 4) is 0 Å². The van der Waals surface area contributed by atoms with Crippen molar-refractivity contribution in [2.75, 3.05) is 10.6 Å². The number of aromatic amines is 1. The Morgan fingerprint density at radius 3 is 2.35 bits per heavy atom. The molecule has 2 aliphatic heterocycles. The van der Waals surface area contributed by atoms with Crippen LogP contribution in [0.4, 0.5) is 11.4 Å². The molecule has 3 aromatic carbocycles. The second-order valence-electron chi connectivity index (χ2n) is 11.6. The summed E-state index contributed by atoms with van der Waals surface area (Å²) in [6.45, 7) is 9.03. The SMILES string of the molecule is CC1(C)CC(Nc2ccc3c(c2)/C(=C(\c2ccccc2)c2nc4ccccc4[nH]2)C(=O)N3)CC(C)(C)N1. The fourth-order valence-electron chi connectivity index (χ4n) is 6.24. The van der Waals surface area contributed by atoms with Crippen LogP contribution in [0.25, 0.3) is 22.2 Å². The average Bonchev–Trinajstić information content (AvgIpc) is 3.39. The van der Waals surface area contributed by atoms with Crippen molar-refractivity contribution in [2.24, 2.45) is 0 Å². The smallest absolute Gasteiger partial charge is 0.257 e. The second kappa shape index (κ2) is 8.60. The first-order chi connectivity index (χ1) is 17.7. The largest absolute Gasteiger partial charge is 0.382 e. The molecule has 2 aliphatic rings. The number of nitrogens with zero attached hydrogens (tertiary/aromatic N) is 1. The number of imidazole rings is 1. The minimum Gasteiger partial charge on any atom is -0.382 e.